The van der Waals surface area contributed by atoms with E-state index in [-0.39, 0.29) is 12.7 Å². The average molecular weight is 522 g/mol. The smallest absolute Gasteiger partial charge is 0.231 e. The number of hydrazone groups is 1. The lowest BCUT2D eigenvalue weighted by Gasteiger charge is -2.17. The Morgan fingerprint density at radius 3 is 2.85 bits per heavy atom. The summed E-state index contributed by atoms with van der Waals surface area (Å²) in [5.74, 6) is 1.98. The summed E-state index contributed by atoms with van der Waals surface area (Å²) in [6.07, 6.45) is 3.68. The van der Waals surface area contributed by atoms with Crippen molar-refractivity contribution in [2.24, 2.45) is 10.8 Å². The Balaban J connectivity index is 1.38. The summed E-state index contributed by atoms with van der Waals surface area (Å²) in [7, 11) is 0. The monoisotopic (exact) mass is 521 g/mol. The summed E-state index contributed by atoms with van der Waals surface area (Å²) in [4.78, 5) is 25.1. The summed E-state index contributed by atoms with van der Waals surface area (Å²) in [5.41, 5.74) is 17.0. The zero-order chi connectivity index (χ0) is 26.9. The molecule has 196 valence electrons. The van der Waals surface area contributed by atoms with E-state index in [0.717, 1.165) is 33.5 Å². The van der Waals surface area contributed by atoms with Crippen molar-refractivity contribution in [3.05, 3.63) is 89.3 Å². The Hall–Kier alpha value is -5.12. The molecule has 1 amide bonds. The van der Waals surface area contributed by atoms with Crippen molar-refractivity contribution in [2.75, 3.05) is 6.79 Å². The van der Waals surface area contributed by atoms with E-state index in [2.05, 4.69) is 20.8 Å². The van der Waals surface area contributed by atoms with Crippen LogP contribution in [0.25, 0.3) is 27.7 Å². The second kappa shape index (κ2) is 9.97. The first-order valence-corrected chi connectivity index (χ1v) is 12.6. The Morgan fingerprint density at radius 1 is 1.13 bits per heavy atom. The number of pyridine rings is 1. The van der Waals surface area contributed by atoms with Gasteiger partial charge in [-0.3, -0.25) is 4.79 Å². The van der Waals surface area contributed by atoms with E-state index in [9.17, 15) is 4.79 Å². The minimum absolute atomic E-state index is 0.0657. The van der Waals surface area contributed by atoms with Crippen molar-refractivity contribution in [3.8, 4) is 22.6 Å². The highest BCUT2D eigenvalue weighted by atomic mass is 16.7. The van der Waals surface area contributed by atoms with E-state index >= 15 is 0 Å². The van der Waals surface area contributed by atoms with Gasteiger partial charge in [-0.1, -0.05) is 31.2 Å². The number of ether oxygens (including phenoxy) is 2. The number of carbonyl (C=O) groups is 1. The molecule has 2 aromatic carbocycles. The van der Waals surface area contributed by atoms with Crippen LogP contribution in [0.15, 0.2) is 71.6 Å². The van der Waals surface area contributed by atoms with Gasteiger partial charge in [0.2, 0.25) is 12.7 Å². The number of imidazole rings is 1. The highest BCUT2D eigenvalue weighted by Crippen LogP contribution is 2.37. The Bertz CT molecular complexity index is 1700. The second-order valence-electron chi connectivity index (χ2n) is 9.21. The zero-order valence-electron chi connectivity index (χ0n) is 21.5. The van der Waals surface area contributed by atoms with Crippen LogP contribution in [-0.4, -0.2) is 33.4 Å². The van der Waals surface area contributed by atoms with Gasteiger partial charge < -0.3 is 30.9 Å². The number of hydrogen-bond acceptors (Lipinski definition) is 8. The molecular formula is C29H27N7O3. The number of amides is 1. The van der Waals surface area contributed by atoms with Crippen LogP contribution < -0.4 is 25.9 Å². The van der Waals surface area contributed by atoms with Crippen molar-refractivity contribution < 1.29 is 14.3 Å². The largest absolute Gasteiger partial charge is 0.454 e. The van der Waals surface area contributed by atoms with Gasteiger partial charge in [-0.05, 0) is 42.8 Å². The molecule has 39 heavy (non-hydrogen) atoms. The van der Waals surface area contributed by atoms with Crippen LogP contribution in [-0.2, 0) is 11.3 Å². The first-order chi connectivity index (χ1) is 19.0. The number of H-pyrrole nitrogens is 1. The van der Waals surface area contributed by atoms with Crippen molar-refractivity contribution >= 4 is 28.2 Å². The maximum atomic E-state index is 11.8. The summed E-state index contributed by atoms with van der Waals surface area (Å²) >= 11 is 0. The molecule has 4 aromatic rings. The van der Waals surface area contributed by atoms with Crippen LogP contribution in [0.5, 0.6) is 11.5 Å². The first-order valence-electron chi connectivity index (χ1n) is 12.6. The van der Waals surface area contributed by atoms with Gasteiger partial charge >= 0.3 is 0 Å². The molecule has 2 aliphatic heterocycles. The molecular weight excluding hydrogens is 494 g/mol. The molecule has 6 rings (SSSR count). The maximum Gasteiger partial charge on any atom is 0.231 e. The predicted octanol–water partition coefficient (Wildman–Crippen LogP) is 3.94. The number of nitrogens with two attached hydrogens (primary N) is 1. The lowest BCUT2D eigenvalue weighted by Crippen LogP contribution is -2.24. The normalized spacial score (nSPS) is 14.6. The lowest BCUT2D eigenvalue weighted by atomic mass is 10.0. The van der Waals surface area contributed by atoms with Crippen LogP contribution in [0.2, 0.25) is 0 Å². The van der Waals surface area contributed by atoms with Gasteiger partial charge in [0.1, 0.15) is 0 Å². The summed E-state index contributed by atoms with van der Waals surface area (Å²) < 4.78 is 11.0. The van der Waals surface area contributed by atoms with Gasteiger partial charge in [0.05, 0.1) is 29.0 Å². The lowest BCUT2D eigenvalue weighted by molar-refractivity contribution is -0.120. The number of rotatable bonds is 6. The van der Waals surface area contributed by atoms with Crippen LogP contribution >= 0.6 is 0 Å². The van der Waals surface area contributed by atoms with Crippen molar-refractivity contribution in [1.82, 2.24) is 25.7 Å². The number of carbonyl (C=O) groups excluding carboxylic acids is 1. The van der Waals surface area contributed by atoms with Gasteiger partial charge in [0, 0.05) is 35.0 Å². The van der Waals surface area contributed by atoms with E-state index in [4.69, 9.17) is 25.2 Å². The molecule has 0 fully saturated rings. The summed E-state index contributed by atoms with van der Waals surface area (Å²) in [5, 5.41) is 7.42. The van der Waals surface area contributed by atoms with Crippen molar-refractivity contribution in [1.29, 1.82) is 0 Å². The number of para-hydroxylation sites is 1. The SMILES string of the molecule is CCC(=O)N/C(C)=C/C(=C\N)c1ccc2c(n1)C(c1nc3c(-c4ccc5c(c4)OCO5)cccc3[nH]1)=NNC2. The summed E-state index contributed by atoms with van der Waals surface area (Å²) in [6, 6.07) is 15.8. The second-order valence-corrected chi connectivity index (χ2v) is 9.21. The number of fused-ring (bicyclic) bond motifs is 3. The molecule has 10 nitrogen and oxygen atoms in total. The fraction of sp³-hybridized carbons (Fsp3) is 0.172. The topological polar surface area (TPSA) is 140 Å². The number of nitrogens with one attached hydrogen (secondary N) is 3. The van der Waals surface area contributed by atoms with Gasteiger partial charge in [-0.15, -0.1) is 0 Å². The van der Waals surface area contributed by atoms with E-state index in [1.54, 1.807) is 13.0 Å². The molecule has 4 heterocycles. The number of hydrogen-bond donors (Lipinski definition) is 4. The third-order valence-corrected chi connectivity index (χ3v) is 6.59. The van der Waals surface area contributed by atoms with Crippen molar-refractivity contribution in [2.45, 2.75) is 26.8 Å². The van der Waals surface area contributed by atoms with E-state index in [1.807, 2.05) is 55.5 Å². The Labute approximate surface area is 224 Å². The minimum atomic E-state index is -0.0657. The maximum absolute atomic E-state index is 11.8. The molecule has 0 radical (unpaired) electrons. The number of benzene rings is 2. The molecule has 10 heteroatoms. The van der Waals surface area contributed by atoms with E-state index < -0.39 is 0 Å². The molecule has 2 aliphatic rings. The van der Waals surface area contributed by atoms with E-state index in [0.29, 0.717) is 52.9 Å². The molecule has 2 aromatic heterocycles. The van der Waals surface area contributed by atoms with Crippen LogP contribution in [0.4, 0.5) is 0 Å². The number of aromatic nitrogens is 3. The summed E-state index contributed by atoms with van der Waals surface area (Å²) in [6.45, 7) is 4.38. The zero-order valence-corrected chi connectivity index (χ0v) is 21.5. The first kappa shape index (κ1) is 24.2. The molecule has 0 bridgehead atoms. The highest BCUT2D eigenvalue weighted by molar-refractivity contribution is 6.12. The molecule has 0 atom stereocenters. The Kier molecular flexibility index (Phi) is 6.20. The Morgan fingerprint density at radius 2 is 2.00 bits per heavy atom. The molecule has 0 saturated carbocycles. The molecule has 0 saturated heterocycles. The number of aromatic amines is 1. The van der Waals surface area contributed by atoms with Crippen molar-refractivity contribution in [3.63, 3.8) is 0 Å². The van der Waals surface area contributed by atoms with Crippen LogP contribution in [0, 0.1) is 0 Å². The minimum Gasteiger partial charge on any atom is -0.454 e. The molecule has 5 N–H and O–H groups in total. The van der Waals surface area contributed by atoms with E-state index in [1.165, 1.54) is 6.20 Å². The number of nitrogens with zero attached hydrogens (tertiary/aromatic N) is 3. The van der Waals surface area contributed by atoms with Gasteiger partial charge in [-0.2, -0.15) is 5.10 Å². The average Bonchev–Trinajstić information content (AvgIpc) is 3.62. The fourth-order valence-electron chi connectivity index (χ4n) is 4.64. The fourth-order valence-corrected chi connectivity index (χ4v) is 4.64. The van der Waals surface area contributed by atoms with Crippen LogP contribution in [0.1, 0.15) is 43.0 Å². The third-order valence-electron chi connectivity index (χ3n) is 6.59. The third kappa shape index (κ3) is 4.56. The molecule has 0 unspecified atom stereocenters. The van der Waals surface area contributed by atoms with Gasteiger partial charge in [0.25, 0.3) is 0 Å². The van der Waals surface area contributed by atoms with Gasteiger partial charge in [0.15, 0.2) is 23.0 Å². The highest BCUT2D eigenvalue weighted by Gasteiger charge is 2.23. The van der Waals surface area contributed by atoms with Gasteiger partial charge in [-0.25, -0.2) is 9.97 Å². The molecule has 0 aliphatic carbocycles. The predicted molar refractivity (Wildman–Crippen MR) is 149 cm³/mol. The molecule has 0 spiro atoms. The van der Waals surface area contributed by atoms with Crippen LogP contribution in [0.3, 0.4) is 0 Å². The quantitative estimate of drug-likeness (QED) is 0.282. The standard InChI is InChI=1S/C29H27N7O3/c1-3-25(37)32-16(2)11-19(13-30)21-9-7-18-14-31-36-28(26(18)33-21)29-34-22-6-4-5-20(27(22)35-29)17-8-10-23-24(12-17)39-15-38-23/h4-13,31H,3,14-15,30H2,1-2H3,(H,32,37)(H,34,35)/b16-11+,19-13+. The number of allylic oxidation sites excluding steroid dienone is 3.